The number of nitrogens with one attached hydrogen (secondary N) is 1. The molecular formula is C22H23F3N6O. The number of likely N-dealkylation sites (N-methyl/N-ethyl adjacent to an activating group) is 1. The van der Waals surface area contributed by atoms with E-state index in [1.54, 1.807) is 37.2 Å². The van der Waals surface area contributed by atoms with Gasteiger partial charge in [0, 0.05) is 56.4 Å². The first kappa shape index (κ1) is 23.1. The largest absolute Gasteiger partial charge is 0.352 e. The summed E-state index contributed by atoms with van der Waals surface area (Å²) in [6.45, 7) is 5.00. The molecule has 0 aliphatic rings. The second-order valence-electron chi connectivity index (χ2n) is 7.27. The monoisotopic (exact) mass is 444 g/mol. The molecule has 1 N–H and O–H groups in total. The number of carbonyl (C=O) groups is 1. The SMILES string of the molecule is CCN(C(=O)c1cc(F)ccc1-c1ncccn1)[C@@H](C)CNc1ncc(C(C)(F)F)cn1. The van der Waals surface area contributed by atoms with Crippen molar-refractivity contribution in [2.75, 3.05) is 18.4 Å². The van der Waals surface area contributed by atoms with E-state index in [1.807, 2.05) is 0 Å². The van der Waals surface area contributed by atoms with Crippen LogP contribution in [0.4, 0.5) is 19.1 Å². The fourth-order valence-corrected chi connectivity index (χ4v) is 3.13. The van der Waals surface area contributed by atoms with Gasteiger partial charge in [0.15, 0.2) is 5.82 Å². The van der Waals surface area contributed by atoms with E-state index in [-0.39, 0.29) is 35.6 Å². The average molecular weight is 444 g/mol. The molecule has 0 radical (unpaired) electrons. The Morgan fingerprint density at radius 2 is 1.81 bits per heavy atom. The molecule has 10 heteroatoms. The predicted octanol–water partition coefficient (Wildman–Crippen LogP) is 4.15. The standard InChI is InChI=1S/C22H23F3N6O/c1-4-31(14(2)11-28-21-29-12-15(13-30-21)22(3,24)25)20(32)18-10-16(23)6-7-17(18)19-26-8-5-9-27-19/h5-10,12-14H,4,11H2,1-3H3,(H,28,29,30)/t14-/m0/s1. The Balaban J connectivity index is 1.77. The second kappa shape index (κ2) is 9.71. The molecule has 2 heterocycles. The first-order chi connectivity index (χ1) is 15.2. The molecule has 0 aliphatic heterocycles. The predicted molar refractivity (Wildman–Crippen MR) is 114 cm³/mol. The zero-order chi connectivity index (χ0) is 23.3. The fourth-order valence-electron chi connectivity index (χ4n) is 3.13. The molecule has 3 rings (SSSR count). The molecule has 1 aromatic carbocycles. The van der Waals surface area contributed by atoms with Crippen LogP contribution in [0.15, 0.2) is 49.1 Å². The van der Waals surface area contributed by atoms with Crippen LogP contribution in [-0.2, 0) is 5.92 Å². The van der Waals surface area contributed by atoms with Crippen LogP contribution in [-0.4, -0.2) is 49.9 Å². The summed E-state index contributed by atoms with van der Waals surface area (Å²) >= 11 is 0. The molecule has 168 valence electrons. The van der Waals surface area contributed by atoms with Gasteiger partial charge in [0.05, 0.1) is 11.1 Å². The quantitative estimate of drug-likeness (QED) is 0.562. The molecule has 0 fully saturated rings. The Labute approximate surface area is 183 Å². The summed E-state index contributed by atoms with van der Waals surface area (Å²) in [4.78, 5) is 31.0. The molecule has 0 unspecified atom stereocenters. The molecule has 0 aliphatic carbocycles. The van der Waals surface area contributed by atoms with Crippen LogP contribution < -0.4 is 5.32 Å². The van der Waals surface area contributed by atoms with E-state index in [2.05, 4.69) is 25.3 Å². The maximum absolute atomic E-state index is 14.0. The summed E-state index contributed by atoms with van der Waals surface area (Å²) in [7, 11) is 0. The molecule has 1 amide bonds. The smallest absolute Gasteiger partial charge is 0.273 e. The highest BCUT2D eigenvalue weighted by Crippen LogP contribution is 2.26. The van der Waals surface area contributed by atoms with Gasteiger partial charge in [-0.15, -0.1) is 0 Å². The molecule has 1 atom stereocenters. The van der Waals surface area contributed by atoms with Crippen LogP contribution in [0.2, 0.25) is 0 Å². The lowest BCUT2D eigenvalue weighted by Crippen LogP contribution is -2.42. The molecule has 32 heavy (non-hydrogen) atoms. The average Bonchev–Trinajstić information content (AvgIpc) is 2.78. The number of alkyl halides is 2. The number of anilines is 1. The lowest BCUT2D eigenvalue weighted by molar-refractivity contribution is 0.0167. The Hall–Kier alpha value is -3.56. The summed E-state index contributed by atoms with van der Waals surface area (Å²) in [5, 5.41) is 2.94. The molecule has 0 saturated carbocycles. The normalized spacial score (nSPS) is 12.3. The minimum Gasteiger partial charge on any atom is -0.352 e. The van der Waals surface area contributed by atoms with Gasteiger partial charge in [0.2, 0.25) is 5.95 Å². The third-order valence-corrected chi connectivity index (χ3v) is 4.87. The van der Waals surface area contributed by atoms with Gasteiger partial charge in [-0.3, -0.25) is 4.79 Å². The van der Waals surface area contributed by atoms with Crippen LogP contribution in [0.5, 0.6) is 0 Å². The summed E-state index contributed by atoms with van der Waals surface area (Å²) in [5.41, 5.74) is 0.286. The zero-order valence-electron chi connectivity index (χ0n) is 17.9. The van der Waals surface area contributed by atoms with Crippen molar-refractivity contribution in [3.63, 3.8) is 0 Å². The third-order valence-electron chi connectivity index (χ3n) is 4.87. The second-order valence-corrected chi connectivity index (χ2v) is 7.27. The van der Waals surface area contributed by atoms with Crippen molar-refractivity contribution in [1.82, 2.24) is 24.8 Å². The number of amides is 1. The number of halogens is 3. The van der Waals surface area contributed by atoms with Crippen LogP contribution in [0.1, 0.15) is 36.7 Å². The summed E-state index contributed by atoms with van der Waals surface area (Å²) in [6.07, 6.45) is 5.21. The van der Waals surface area contributed by atoms with Gasteiger partial charge in [-0.2, -0.15) is 0 Å². The van der Waals surface area contributed by atoms with E-state index in [0.717, 1.165) is 19.3 Å². The number of hydrogen-bond acceptors (Lipinski definition) is 6. The van der Waals surface area contributed by atoms with Gasteiger partial charge in [-0.25, -0.2) is 33.1 Å². The van der Waals surface area contributed by atoms with Gasteiger partial charge in [-0.1, -0.05) is 0 Å². The van der Waals surface area contributed by atoms with Crippen LogP contribution in [0, 0.1) is 5.82 Å². The highest BCUT2D eigenvalue weighted by molar-refractivity contribution is 6.00. The molecule has 2 aromatic heterocycles. The molecular weight excluding hydrogens is 421 g/mol. The third kappa shape index (κ3) is 5.37. The maximum atomic E-state index is 14.0. The first-order valence-electron chi connectivity index (χ1n) is 10.0. The summed E-state index contributed by atoms with van der Waals surface area (Å²) in [5.74, 6) is -3.47. The van der Waals surface area contributed by atoms with E-state index in [9.17, 15) is 18.0 Å². The van der Waals surface area contributed by atoms with E-state index in [4.69, 9.17) is 0 Å². The Kier molecular flexibility index (Phi) is 7.01. The van der Waals surface area contributed by atoms with Crippen molar-refractivity contribution in [3.8, 4) is 11.4 Å². The highest BCUT2D eigenvalue weighted by Gasteiger charge is 2.26. The summed E-state index contributed by atoms with van der Waals surface area (Å²) in [6, 6.07) is 5.22. The van der Waals surface area contributed by atoms with Gasteiger partial charge in [0.25, 0.3) is 11.8 Å². The van der Waals surface area contributed by atoms with Crippen molar-refractivity contribution in [2.24, 2.45) is 0 Å². The summed E-state index contributed by atoms with van der Waals surface area (Å²) < 4.78 is 40.6. The Morgan fingerprint density at radius 1 is 1.16 bits per heavy atom. The minimum atomic E-state index is -3.03. The first-order valence-corrected chi connectivity index (χ1v) is 10.0. The molecule has 0 saturated heterocycles. The Morgan fingerprint density at radius 3 is 2.41 bits per heavy atom. The number of hydrogen-bond donors (Lipinski definition) is 1. The number of benzene rings is 1. The van der Waals surface area contributed by atoms with Gasteiger partial charge < -0.3 is 10.2 Å². The van der Waals surface area contributed by atoms with E-state index in [1.165, 1.54) is 18.2 Å². The Bertz CT molecular complexity index is 1060. The minimum absolute atomic E-state index is 0.149. The van der Waals surface area contributed by atoms with E-state index < -0.39 is 11.7 Å². The van der Waals surface area contributed by atoms with Gasteiger partial charge >= 0.3 is 0 Å². The number of rotatable bonds is 8. The lowest BCUT2D eigenvalue weighted by atomic mass is 10.0. The topological polar surface area (TPSA) is 83.9 Å². The van der Waals surface area contributed by atoms with Crippen LogP contribution >= 0.6 is 0 Å². The van der Waals surface area contributed by atoms with Crippen LogP contribution in [0.25, 0.3) is 11.4 Å². The fraction of sp³-hybridized carbons (Fsp3) is 0.318. The van der Waals surface area contributed by atoms with Crippen molar-refractivity contribution in [1.29, 1.82) is 0 Å². The maximum Gasteiger partial charge on any atom is 0.273 e. The van der Waals surface area contributed by atoms with Crippen LogP contribution in [0.3, 0.4) is 0 Å². The van der Waals surface area contributed by atoms with Crippen molar-refractivity contribution < 1.29 is 18.0 Å². The highest BCUT2D eigenvalue weighted by atomic mass is 19.3. The number of aromatic nitrogens is 4. The number of nitrogens with zero attached hydrogens (tertiary/aromatic N) is 5. The zero-order valence-corrected chi connectivity index (χ0v) is 17.9. The van der Waals surface area contributed by atoms with Crippen molar-refractivity contribution in [2.45, 2.75) is 32.7 Å². The van der Waals surface area contributed by atoms with Gasteiger partial charge in [-0.05, 0) is 38.1 Å². The molecule has 3 aromatic rings. The van der Waals surface area contributed by atoms with E-state index in [0.29, 0.717) is 17.9 Å². The molecule has 0 spiro atoms. The molecule has 7 nitrogen and oxygen atoms in total. The van der Waals surface area contributed by atoms with Crippen molar-refractivity contribution in [3.05, 3.63) is 66.0 Å². The lowest BCUT2D eigenvalue weighted by Gasteiger charge is -2.29. The van der Waals surface area contributed by atoms with Gasteiger partial charge in [0.1, 0.15) is 5.82 Å². The molecule has 0 bridgehead atoms. The van der Waals surface area contributed by atoms with Crippen molar-refractivity contribution >= 4 is 11.9 Å². The van der Waals surface area contributed by atoms with E-state index >= 15 is 0 Å². The number of carbonyl (C=O) groups excluding carboxylic acids is 1.